The van der Waals surface area contributed by atoms with Crippen molar-refractivity contribution >= 4 is 22.8 Å². The molecule has 0 aliphatic heterocycles. The van der Waals surface area contributed by atoms with Crippen LogP contribution in [0.1, 0.15) is 25.0 Å². The van der Waals surface area contributed by atoms with Crippen LogP contribution in [0.3, 0.4) is 0 Å². The Morgan fingerprint density at radius 3 is 2.58 bits per heavy atom. The predicted molar refractivity (Wildman–Crippen MR) is 90.3 cm³/mol. The first-order valence-electron chi connectivity index (χ1n) is 7.68. The van der Waals surface area contributed by atoms with E-state index >= 15 is 0 Å². The number of likely N-dealkylation sites (N-methyl/N-ethyl adjacent to an activating group) is 1. The minimum Gasteiger partial charge on any atom is -0.496 e. The van der Waals surface area contributed by atoms with Crippen LogP contribution in [-0.2, 0) is 16.0 Å². The van der Waals surface area contributed by atoms with Crippen molar-refractivity contribution in [3.8, 4) is 5.75 Å². The van der Waals surface area contributed by atoms with Gasteiger partial charge in [-0.05, 0) is 32.9 Å². The third-order valence-corrected chi connectivity index (χ3v) is 4.22. The zero-order valence-corrected chi connectivity index (χ0v) is 14.7. The molecule has 130 valence electrons. The molecule has 0 spiro atoms. The number of amides is 1. The van der Waals surface area contributed by atoms with E-state index in [1.165, 1.54) is 4.90 Å². The summed E-state index contributed by atoms with van der Waals surface area (Å²) in [5, 5.41) is 10.1. The van der Waals surface area contributed by atoms with Crippen LogP contribution < -0.4 is 4.74 Å². The van der Waals surface area contributed by atoms with Crippen molar-refractivity contribution in [2.75, 3.05) is 20.7 Å². The van der Waals surface area contributed by atoms with Crippen LogP contribution in [0.5, 0.6) is 5.75 Å². The van der Waals surface area contributed by atoms with Crippen molar-refractivity contribution in [2.45, 2.75) is 27.2 Å². The number of fused-ring (bicyclic) bond motifs is 1. The van der Waals surface area contributed by atoms with Crippen molar-refractivity contribution in [1.82, 2.24) is 4.90 Å². The lowest BCUT2D eigenvalue weighted by atomic mass is 9.93. The Kier molecular flexibility index (Phi) is 4.87. The number of carbonyl (C=O) groups is 2. The Morgan fingerprint density at radius 2 is 2.00 bits per heavy atom. The minimum absolute atomic E-state index is 0.143. The SMILES string of the molecule is COc1ccc2c(CC(=O)N(C)CC(C)(C)C(=O)O)coc2c1C. The third-order valence-electron chi connectivity index (χ3n) is 4.22. The summed E-state index contributed by atoms with van der Waals surface area (Å²) in [4.78, 5) is 25.1. The number of benzene rings is 1. The molecule has 0 aliphatic rings. The number of aryl methyl sites for hydroxylation is 1. The maximum atomic E-state index is 12.4. The summed E-state index contributed by atoms with van der Waals surface area (Å²) in [6, 6.07) is 3.72. The van der Waals surface area contributed by atoms with E-state index in [4.69, 9.17) is 9.15 Å². The maximum absolute atomic E-state index is 12.4. The predicted octanol–water partition coefficient (Wildman–Crippen LogP) is 2.86. The van der Waals surface area contributed by atoms with Crippen LogP contribution in [0.2, 0.25) is 0 Å². The molecule has 0 atom stereocenters. The van der Waals surface area contributed by atoms with Gasteiger partial charge in [0.15, 0.2) is 0 Å². The molecule has 1 amide bonds. The van der Waals surface area contributed by atoms with E-state index in [-0.39, 0.29) is 18.9 Å². The number of furan rings is 1. The molecule has 0 bridgehead atoms. The summed E-state index contributed by atoms with van der Waals surface area (Å²) in [6.07, 6.45) is 1.73. The van der Waals surface area contributed by atoms with E-state index < -0.39 is 11.4 Å². The van der Waals surface area contributed by atoms with Gasteiger partial charge in [-0.1, -0.05) is 0 Å². The molecule has 0 saturated heterocycles. The van der Waals surface area contributed by atoms with Crippen molar-refractivity contribution in [2.24, 2.45) is 5.41 Å². The van der Waals surface area contributed by atoms with Crippen LogP contribution in [0, 0.1) is 12.3 Å². The molecular formula is C18H23NO5. The maximum Gasteiger partial charge on any atom is 0.310 e. The van der Waals surface area contributed by atoms with E-state index in [0.29, 0.717) is 5.58 Å². The van der Waals surface area contributed by atoms with Gasteiger partial charge in [-0.2, -0.15) is 0 Å². The van der Waals surface area contributed by atoms with Gasteiger partial charge in [0, 0.05) is 30.1 Å². The Bertz CT molecular complexity index is 775. The second-order valence-corrected chi connectivity index (χ2v) is 6.65. The first kappa shape index (κ1) is 17.8. The van der Waals surface area contributed by atoms with Gasteiger partial charge in [0.05, 0.1) is 25.2 Å². The first-order valence-corrected chi connectivity index (χ1v) is 7.68. The number of aliphatic carboxylic acids is 1. The number of ether oxygens (including phenoxy) is 1. The smallest absolute Gasteiger partial charge is 0.310 e. The van der Waals surface area contributed by atoms with Gasteiger partial charge in [0.2, 0.25) is 5.91 Å². The molecule has 0 fully saturated rings. The summed E-state index contributed by atoms with van der Waals surface area (Å²) in [6.45, 7) is 5.24. The van der Waals surface area contributed by atoms with Gasteiger partial charge in [-0.15, -0.1) is 0 Å². The van der Waals surface area contributed by atoms with E-state index in [1.54, 1.807) is 34.3 Å². The number of carbonyl (C=O) groups excluding carboxylic acids is 1. The molecule has 2 aromatic rings. The van der Waals surface area contributed by atoms with Crippen LogP contribution >= 0.6 is 0 Å². The van der Waals surface area contributed by atoms with E-state index in [1.807, 2.05) is 19.1 Å². The van der Waals surface area contributed by atoms with Crippen molar-refractivity contribution in [1.29, 1.82) is 0 Å². The Morgan fingerprint density at radius 1 is 1.33 bits per heavy atom. The molecule has 0 radical (unpaired) electrons. The fraction of sp³-hybridized carbons (Fsp3) is 0.444. The number of carboxylic acids is 1. The molecule has 0 unspecified atom stereocenters. The van der Waals surface area contributed by atoms with Gasteiger partial charge < -0.3 is 19.2 Å². The summed E-state index contributed by atoms with van der Waals surface area (Å²) in [5.74, 6) is -0.353. The third kappa shape index (κ3) is 3.37. The molecule has 24 heavy (non-hydrogen) atoms. The zero-order valence-electron chi connectivity index (χ0n) is 14.7. The molecule has 1 aromatic carbocycles. The topological polar surface area (TPSA) is 80.0 Å². The molecule has 1 heterocycles. The highest BCUT2D eigenvalue weighted by molar-refractivity contribution is 5.90. The monoisotopic (exact) mass is 333 g/mol. The van der Waals surface area contributed by atoms with Gasteiger partial charge in [0.1, 0.15) is 11.3 Å². The van der Waals surface area contributed by atoms with Gasteiger partial charge in [-0.3, -0.25) is 9.59 Å². The Labute approximate surface area is 141 Å². The van der Waals surface area contributed by atoms with Gasteiger partial charge >= 0.3 is 5.97 Å². The molecule has 6 nitrogen and oxygen atoms in total. The summed E-state index contributed by atoms with van der Waals surface area (Å²) < 4.78 is 10.9. The van der Waals surface area contributed by atoms with Crippen molar-refractivity contribution in [3.63, 3.8) is 0 Å². The largest absolute Gasteiger partial charge is 0.496 e. The van der Waals surface area contributed by atoms with E-state index in [2.05, 4.69) is 0 Å². The molecule has 1 aromatic heterocycles. The highest BCUT2D eigenvalue weighted by Gasteiger charge is 2.30. The fourth-order valence-electron chi connectivity index (χ4n) is 2.68. The second-order valence-electron chi connectivity index (χ2n) is 6.65. The normalized spacial score (nSPS) is 11.5. The van der Waals surface area contributed by atoms with Crippen LogP contribution in [0.15, 0.2) is 22.8 Å². The molecule has 1 N–H and O–H groups in total. The number of rotatable bonds is 6. The zero-order chi connectivity index (χ0) is 18.1. The average Bonchev–Trinajstić information content (AvgIpc) is 2.91. The standard InChI is InChI=1S/C18H23NO5/c1-11-14(23-5)7-6-13-12(9-24-16(11)13)8-15(20)19(4)10-18(2,3)17(21)22/h6-7,9H,8,10H2,1-5H3,(H,21,22). The molecular weight excluding hydrogens is 310 g/mol. The molecule has 6 heteroatoms. The highest BCUT2D eigenvalue weighted by atomic mass is 16.5. The van der Waals surface area contributed by atoms with Gasteiger partial charge in [0.25, 0.3) is 0 Å². The second kappa shape index (κ2) is 6.55. The van der Waals surface area contributed by atoms with Crippen molar-refractivity contribution in [3.05, 3.63) is 29.5 Å². The fourth-order valence-corrected chi connectivity index (χ4v) is 2.68. The highest BCUT2D eigenvalue weighted by Crippen LogP contribution is 2.31. The van der Waals surface area contributed by atoms with E-state index in [9.17, 15) is 14.7 Å². The number of carboxylic acid groups (broad SMARTS) is 1. The number of methoxy groups -OCH3 is 1. The molecule has 0 aliphatic carbocycles. The van der Waals surface area contributed by atoms with Crippen LogP contribution in [0.25, 0.3) is 11.0 Å². The Hall–Kier alpha value is -2.50. The average molecular weight is 333 g/mol. The summed E-state index contributed by atoms with van der Waals surface area (Å²) in [7, 11) is 3.21. The van der Waals surface area contributed by atoms with Gasteiger partial charge in [-0.25, -0.2) is 0 Å². The summed E-state index contributed by atoms with van der Waals surface area (Å²) in [5.41, 5.74) is 1.37. The lowest BCUT2D eigenvalue weighted by Crippen LogP contribution is -2.40. The minimum atomic E-state index is -0.993. The lowest BCUT2D eigenvalue weighted by Gasteiger charge is -2.26. The summed E-state index contributed by atoms with van der Waals surface area (Å²) >= 11 is 0. The number of hydrogen-bond acceptors (Lipinski definition) is 4. The quantitative estimate of drug-likeness (QED) is 0.879. The van der Waals surface area contributed by atoms with Crippen molar-refractivity contribution < 1.29 is 23.8 Å². The number of nitrogens with zero attached hydrogens (tertiary/aromatic N) is 1. The van der Waals surface area contributed by atoms with Crippen LogP contribution in [0.4, 0.5) is 0 Å². The first-order chi connectivity index (χ1) is 11.2. The lowest BCUT2D eigenvalue weighted by molar-refractivity contribution is -0.149. The van der Waals surface area contributed by atoms with Crippen LogP contribution in [-0.4, -0.2) is 42.6 Å². The molecule has 0 saturated carbocycles. The molecule has 2 rings (SSSR count). The number of hydrogen-bond donors (Lipinski definition) is 1. The Balaban J connectivity index is 2.19. The van der Waals surface area contributed by atoms with E-state index in [0.717, 1.165) is 22.3 Å².